The van der Waals surface area contributed by atoms with E-state index in [2.05, 4.69) is 0 Å². The molecule has 72 valence electrons. The number of fused-ring (bicyclic) bond motifs is 1. The van der Waals surface area contributed by atoms with Gasteiger partial charge in [0.25, 0.3) is 5.92 Å². The second-order valence-corrected chi connectivity index (χ2v) is 3.43. The van der Waals surface area contributed by atoms with Crippen LogP contribution >= 0.6 is 0 Å². The number of nitrogens with two attached hydrogens (primary N) is 1. The number of hydrogen-bond acceptors (Lipinski definition) is 2. The molecule has 2 rings (SSSR count). The lowest BCUT2D eigenvalue weighted by atomic mass is 10.0. The molecule has 0 aliphatic heterocycles. The standard InChI is InChI=1S/C10H8F2N2/c11-10(12)4-9(14)7-2-1-6(5-13)3-8(7)10/h1-3,9H,4,14H2/t9-/m1/s1. The van der Waals surface area contributed by atoms with E-state index < -0.39 is 12.0 Å². The molecular formula is C10H8F2N2. The predicted molar refractivity (Wildman–Crippen MR) is 46.6 cm³/mol. The maximum atomic E-state index is 13.3. The summed E-state index contributed by atoms with van der Waals surface area (Å²) in [5.74, 6) is -2.89. The van der Waals surface area contributed by atoms with Crippen LogP contribution in [0.15, 0.2) is 18.2 Å². The Morgan fingerprint density at radius 2 is 2.21 bits per heavy atom. The van der Waals surface area contributed by atoms with Gasteiger partial charge in [0.2, 0.25) is 0 Å². The molecule has 14 heavy (non-hydrogen) atoms. The number of nitriles is 1. The number of alkyl halides is 2. The lowest BCUT2D eigenvalue weighted by Gasteiger charge is -2.08. The van der Waals surface area contributed by atoms with E-state index in [1.165, 1.54) is 18.2 Å². The molecular weight excluding hydrogens is 186 g/mol. The molecule has 0 fully saturated rings. The van der Waals surface area contributed by atoms with Gasteiger partial charge < -0.3 is 5.73 Å². The average Bonchev–Trinajstić information content (AvgIpc) is 2.37. The van der Waals surface area contributed by atoms with Crippen molar-refractivity contribution in [2.75, 3.05) is 0 Å². The van der Waals surface area contributed by atoms with Crippen molar-refractivity contribution in [1.29, 1.82) is 5.26 Å². The van der Waals surface area contributed by atoms with Crippen LogP contribution in [0.25, 0.3) is 0 Å². The van der Waals surface area contributed by atoms with Gasteiger partial charge in [0.1, 0.15) is 0 Å². The number of nitrogens with zero attached hydrogens (tertiary/aromatic N) is 1. The van der Waals surface area contributed by atoms with Crippen molar-refractivity contribution in [3.8, 4) is 6.07 Å². The topological polar surface area (TPSA) is 49.8 Å². The van der Waals surface area contributed by atoms with E-state index in [0.717, 1.165) is 0 Å². The lowest BCUT2D eigenvalue weighted by molar-refractivity contribution is -0.00644. The molecule has 0 aromatic heterocycles. The monoisotopic (exact) mass is 194 g/mol. The third kappa shape index (κ3) is 1.17. The Hall–Kier alpha value is -1.47. The number of benzene rings is 1. The quantitative estimate of drug-likeness (QED) is 0.687. The molecule has 1 aromatic rings. The van der Waals surface area contributed by atoms with E-state index in [1.807, 2.05) is 6.07 Å². The summed E-state index contributed by atoms with van der Waals surface area (Å²) in [6.45, 7) is 0. The average molecular weight is 194 g/mol. The first-order valence-electron chi connectivity index (χ1n) is 4.22. The molecule has 4 heteroatoms. The van der Waals surface area contributed by atoms with Gasteiger partial charge in [-0.15, -0.1) is 0 Å². The van der Waals surface area contributed by atoms with Gasteiger partial charge in [0.05, 0.1) is 11.6 Å². The third-order valence-corrected chi connectivity index (χ3v) is 2.45. The Morgan fingerprint density at radius 1 is 1.50 bits per heavy atom. The molecule has 1 atom stereocenters. The van der Waals surface area contributed by atoms with Crippen LogP contribution in [-0.4, -0.2) is 0 Å². The zero-order valence-electron chi connectivity index (χ0n) is 7.30. The summed E-state index contributed by atoms with van der Waals surface area (Å²) in [6, 6.07) is 5.47. The number of rotatable bonds is 0. The molecule has 0 saturated heterocycles. The maximum Gasteiger partial charge on any atom is 0.275 e. The lowest BCUT2D eigenvalue weighted by Crippen LogP contribution is -2.11. The zero-order valence-corrected chi connectivity index (χ0v) is 7.30. The SMILES string of the molecule is N#Cc1ccc2c(c1)C(F)(F)C[C@H]2N. The normalized spacial score (nSPS) is 22.9. The first-order valence-corrected chi connectivity index (χ1v) is 4.22. The maximum absolute atomic E-state index is 13.3. The van der Waals surface area contributed by atoms with Gasteiger partial charge in [-0.05, 0) is 17.7 Å². The van der Waals surface area contributed by atoms with E-state index in [-0.39, 0.29) is 17.5 Å². The largest absolute Gasteiger partial charge is 0.324 e. The Labute approximate surface area is 79.9 Å². The van der Waals surface area contributed by atoms with Crippen molar-refractivity contribution in [3.05, 3.63) is 34.9 Å². The molecule has 2 nitrogen and oxygen atoms in total. The van der Waals surface area contributed by atoms with E-state index in [9.17, 15) is 8.78 Å². The van der Waals surface area contributed by atoms with Gasteiger partial charge in [0, 0.05) is 18.0 Å². The van der Waals surface area contributed by atoms with Crippen LogP contribution in [-0.2, 0) is 5.92 Å². The van der Waals surface area contributed by atoms with E-state index in [4.69, 9.17) is 11.0 Å². The molecule has 0 heterocycles. The Balaban J connectivity index is 2.60. The van der Waals surface area contributed by atoms with Gasteiger partial charge in [-0.3, -0.25) is 0 Å². The minimum absolute atomic E-state index is 0.0935. The molecule has 1 aliphatic rings. The van der Waals surface area contributed by atoms with Crippen molar-refractivity contribution in [1.82, 2.24) is 0 Å². The smallest absolute Gasteiger partial charge is 0.275 e. The third-order valence-electron chi connectivity index (χ3n) is 2.45. The van der Waals surface area contributed by atoms with Gasteiger partial charge in [-0.2, -0.15) is 5.26 Å². The fraction of sp³-hybridized carbons (Fsp3) is 0.300. The second-order valence-electron chi connectivity index (χ2n) is 3.43. The Kier molecular flexibility index (Phi) is 1.79. The summed E-state index contributed by atoms with van der Waals surface area (Å²) in [7, 11) is 0. The summed E-state index contributed by atoms with van der Waals surface area (Å²) in [6.07, 6.45) is -0.364. The highest BCUT2D eigenvalue weighted by Gasteiger charge is 2.43. The van der Waals surface area contributed by atoms with Gasteiger partial charge in [0.15, 0.2) is 0 Å². The van der Waals surface area contributed by atoms with Crippen LogP contribution in [0.3, 0.4) is 0 Å². The van der Waals surface area contributed by atoms with Crippen LogP contribution in [0, 0.1) is 11.3 Å². The van der Waals surface area contributed by atoms with Crippen LogP contribution in [0.5, 0.6) is 0 Å². The molecule has 0 spiro atoms. The van der Waals surface area contributed by atoms with Crippen molar-refractivity contribution >= 4 is 0 Å². The van der Waals surface area contributed by atoms with E-state index in [1.54, 1.807) is 0 Å². The fourth-order valence-electron chi connectivity index (χ4n) is 1.76. The molecule has 0 amide bonds. The zero-order chi connectivity index (χ0) is 10.3. The van der Waals surface area contributed by atoms with Crippen LogP contribution < -0.4 is 5.73 Å². The minimum atomic E-state index is -2.89. The Morgan fingerprint density at radius 3 is 2.86 bits per heavy atom. The molecule has 0 bridgehead atoms. The van der Waals surface area contributed by atoms with Gasteiger partial charge >= 0.3 is 0 Å². The molecule has 0 unspecified atom stereocenters. The van der Waals surface area contributed by atoms with Gasteiger partial charge in [-0.25, -0.2) is 8.78 Å². The van der Waals surface area contributed by atoms with Gasteiger partial charge in [-0.1, -0.05) is 6.07 Å². The minimum Gasteiger partial charge on any atom is -0.324 e. The molecule has 0 saturated carbocycles. The van der Waals surface area contributed by atoms with Crippen LogP contribution in [0.2, 0.25) is 0 Å². The second kappa shape index (κ2) is 2.76. The fourth-order valence-corrected chi connectivity index (χ4v) is 1.76. The molecule has 2 N–H and O–H groups in total. The summed E-state index contributed by atoms with van der Waals surface area (Å²) in [5, 5.41) is 8.58. The first kappa shape index (κ1) is 9.10. The summed E-state index contributed by atoms with van der Waals surface area (Å²) < 4.78 is 26.6. The number of halogens is 2. The molecule has 0 radical (unpaired) electrons. The highest BCUT2D eigenvalue weighted by molar-refractivity contribution is 5.44. The van der Waals surface area contributed by atoms with E-state index >= 15 is 0 Å². The predicted octanol–water partition coefficient (Wildman–Crippen LogP) is 2.05. The van der Waals surface area contributed by atoms with Crippen LogP contribution in [0.1, 0.15) is 29.2 Å². The summed E-state index contributed by atoms with van der Waals surface area (Å²) in [5.41, 5.74) is 6.16. The van der Waals surface area contributed by atoms with Crippen molar-refractivity contribution in [2.24, 2.45) is 5.73 Å². The highest BCUT2D eigenvalue weighted by Crippen LogP contribution is 2.46. The summed E-state index contributed by atoms with van der Waals surface area (Å²) in [4.78, 5) is 0. The van der Waals surface area contributed by atoms with Crippen molar-refractivity contribution in [3.63, 3.8) is 0 Å². The first-order chi connectivity index (χ1) is 6.54. The van der Waals surface area contributed by atoms with Crippen molar-refractivity contribution < 1.29 is 8.78 Å². The Bertz CT molecular complexity index is 421. The van der Waals surface area contributed by atoms with Crippen molar-refractivity contribution in [2.45, 2.75) is 18.4 Å². The highest BCUT2D eigenvalue weighted by atomic mass is 19.3. The molecule has 1 aromatic carbocycles. The number of hydrogen-bond donors (Lipinski definition) is 1. The van der Waals surface area contributed by atoms with Crippen LogP contribution in [0.4, 0.5) is 8.78 Å². The molecule has 1 aliphatic carbocycles. The summed E-state index contributed by atoms with van der Waals surface area (Å²) >= 11 is 0. The van der Waals surface area contributed by atoms with E-state index in [0.29, 0.717) is 5.56 Å².